The normalized spacial score (nSPS) is 12.3. The molecule has 0 heterocycles. The van der Waals surface area contributed by atoms with Crippen molar-refractivity contribution >= 4 is 37.5 Å². The maximum absolute atomic E-state index is 13.7. The molecular formula is C14H11Br2F2N. The predicted molar refractivity (Wildman–Crippen MR) is 80.2 cm³/mol. The molecule has 0 aromatic heterocycles. The van der Waals surface area contributed by atoms with Crippen LogP contribution in [0.1, 0.15) is 18.5 Å². The zero-order valence-electron chi connectivity index (χ0n) is 10.1. The van der Waals surface area contributed by atoms with Crippen molar-refractivity contribution in [2.24, 2.45) is 0 Å². The van der Waals surface area contributed by atoms with E-state index in [0.29, 0.717) is 0 Å². The minimum absolute atomic E-state index is 0.0932. The van der Waals surface area contributed by atoms with Crippen LogP contribution >= 0.6 is 31.9 Å². The van der Waals surface area contributed by atoms with Gasteiger partial charge in [-0.15, -0.1) is 0 Å². The smallest absolute Gasteiger partial charge is 0.149 e. The van der Waals surface area contributed by atoms with Crippen molar-refractivity contribution in [1.82, 2.24) is 0 Å². The first-order valence-electron chi connectivity index (χ1n) is 5.64. The Labute approximate surface area is 127 Å². The minimum atomic E-state index is -0.613. The molecule has 1 N–H and O–H groups in total. The average molecular weight is 391 g/mol. The highest BCUT2D eigenvalue weighted by molar-refractivity contribution is 9.10. The highest BCUT2D eigenvalue weighted by Crippen LogP contribution is 2.27. The van der Waals surface area contributed by atoms with Gasteiger partial charge in [-0.2, -0.15) is 0 Å². The van der Waals surface area contributed by atoms with Crippen LogP contribution in [-0.2, 0) is 0 Å². The lowest BCUT2D eigenvalue weighted by Crippen LogP contribution is -2.08. The van der Waals surface area contributed by atoms with Crippen LogP contribution in [0.5, 0.6) is 0 Å². The van der Waals surface area contributed by atoms with Crippen LogP contribution in [0.2, 0.25) is 0 Å². The van der Waals surface area contributed by atoms with E-state index in [1.807, 2.05) is 31.2 Å². The summed E-state index contributed by atoms with van der Waals surface area (Å²) < 4.78 is 28.0. The van der Waals surface area contributed by atoms with Gasteiger partial charge in [-0.05, 0) is 46.6 Å². The largest absolute Gasteiger partial charge is 0.376 e. The molecule has 0 aliphatic heterocycles. The molecular weight excluding hydrogens is 380 g/mol. The Balaban J connectivity index is 2.24. The fourth-order valence-electron chi connectivity index (χ4n) is 1.73. The summed E-state index contributed by atoms with van der Waals surface area (Å²) in [6.45, 7) is 1.92. The summed E-state index contributed by atoms with van der Waals surface area (Å²) in [6.07, 6.45) is 0. The molecule has 0 fully saturated rings. The standard InChI is InChI=1S/C14H11Br2F2N/c1-8(9-3-2-4-10(15)5-9)19-14-6-11(16)12(17)7-13(14)18/h2-8,19H,1H3. The lowest BCUT2D eigenvalue weighted by molar-refractivity contribution is 0.579. The average Bonchev–Trinajstić information content (AvgIpc) is 2.36. The molecule has 0 saturated carbocycles. The Bertz CT molecular complexity index is 602. The molecule has 5 heteroatoms. The third-order valence-corrected chi connectivity index (χ3v) is 3.83. The van der Waals surface area contributed by atoms with E-state index in [1.54, 1.807) is 0 Å². The quantitative estimate of drug-likeness (QED) is 0.666. The third kappa shape index (κ3) is 3.54. The monoisotopic (exact) mass is 389 g/mol. The Morgan fingerprint density at radius 1 is 1.05 bits per heavy atom. The first kappa shape index (κ1) is 14.5. The molecule has 1 atom stereocenters. The predicted octanol–water partition coefficient (Wildman–Crippen LogP) is 5.66. The van der Waals surface area contributed by atoms with Gasteiger partial charge in [0.05, 0.1) is 10.2 Å². The molecule has 2 aromatic rings. The molecule has 19 heavy (non-hydrogen) atoms. The van der Waals surface area contributed by atoms with Crippen molar-refractivity contribution in [1.29, 1.82) is 0 Å². The van der Waals surface area contributed by atoms with Crippen LogP contribution in [0.25, 0.3) is 0 Å². The number of rotatable bonds is 3. The minimum Gasteiger partial charge on any atom is -0.376 e. The number of hydrogen-bond acceptors (Lipinski definition) is 1. The summed E-state index contributed by atoms with van der Waals surface area (Å²) in [5.41, 5.74) is 1.27. The Hall–Kier alpha value is -0.940. The molecule has 100 valence electrons. The molecule has 0 saturated heterocycles. The number of nitrogens with one attached hydrogen (secondary N) is 1. The van der Waals surface area contributed by atoms with Crippen LogP contribution in [0, 0.1) is 11.6 Å². The Kier molecular flexibility index (Phi) is 4.58. The topological polar surface area (TPSA) is 12.0 Å². The number of halogens is 4. The first-order valence-corrected chi connectivity index (χ1v) is 7.22. The van der Waals surface area contributed by atoms with Gasteiger partial charge < -0.3 is 5.32 Å². The van der Waals surface area contributed by atoms with Gasteiger partial charge in [0.15, 0.2) is 0 Å². The maximum atomic E-state index is 13.7. The van der Waals surface area contributed by atoms with Crippen LogP contribution in [0.4, 0.5) is 14.5 Å². The molecule has 0 amide bonds. The molecule has 0 spiro atoms. The summed E-state index contributed by atoms with van der Waals surface area (Å²) >= 11 is 6.44. The number of benzene rings is 2. The van der Waals surface area contributed by atoms with Crippen molar-refractivity contribution in [2.45, 2.75) is 13.0 Å². The second kappa shape index (κ2) is 6.01. The van der Waals surface area contributed by atoms with Gasteiger partial charge >= 0.3 is 0 Å². The van der Waals surface area contributed by atoms with E-state index in [4.69, 9.17) is 0 Å². The summed E-state index contributed by atoms with van der Waals surface area (Å²) in [7, 11) is 0. The zero-order chi connectivity index (χ0) is 14.0. The Morgan fingerprint density at radius 2 is 1.79 bits per heavy atom. The summed E-state index contributed by atoms with van der Waals surface area (Å²) in [4.78, 5) is 0. The SMILES string of the molecule is CC(Nc1cc(Br)c(F)cc1F)c1cccc(Br)c1. The maximum Gasteiger partial charge on any atom is 0.149 e. The second-order valence-corrected chi connectivity index (χ2v) is 5.94. The van der Waals surface area contributed by atoms with E-state index < -0.39 is 11.6 Å². The molecule has 0 aliphatic carbocycles. The molecule has 2 aromatic carbocycles. The lowest BCUT2D eigenvalue weighted by Gasteiger charge is -2.17. The van der Waals surface area contributed by atoms with Crippen LogP contribution in [0.15, 0.2) is 45.3 Å². The van der Waals surface area contributed by atoms with Crippen LogP contribution in [-0.4, -0.2) is 0 Å². The fourth-order valence-corrected chi connectivity index (χ4v) is 2.49. The molecule has 0 radical (unpaired) electrons. The van der Waals surface area contributed by atoms with Gasteiger partial charge in [0.25, 0.3) is 0 Å². The van der Waals surface area contributed by atoms with E-state index >= 15 is 0 Å². The van der Waals surface area contributed by atoms with Gasteiger partial charge in [0.1, 0.15) is 11.6 Å². The lowest BCUT2D eigenvalue weighted by atomic mass is 10.1. The summed E-state index contributed by atoms with van der Waals surface area (Å²) in [6, 6.07) is 9.90. The van der Waals surface area contributed by atoms with Gasteiger partial charge in [-0.3, -0.25) is 0 Å². The highest BCUT2D eigenvalue weighted by atomic mass is 79.9. The highest BCUT2D eigenvalue weighted by Gasteiger charge is 2.12. The van der Waals surface area contributed by atoms with E-state index in [9.17, 15) is 8.78 Å². The van der Waals surface area contributed by atoms with Gasteiger partial charge in [-0.25, -0.2) is 8.78 Å². The van der Waals surface area contributed by atoms with Gasteiger partial charge in [0, 0.05) is 16.6 Å². The van der Waals surface area contributed by atoms with Crippen molar-refractivity contribution in [3.8, 4) is 0 Å². The number of hydrogen-bond donors (Lipinski definition) is 1. The Morgan fingerprint density at radius 3 is 2.47 bits per heavy atom. The molecule has 1 nitrogen and oxygen atoms in total. The van der Waals surface area contributed by atoms with Crippen molar-refractivity contribution < 1.29 is 8.78 Å². The van der Waals surface area contributed by atoms with E-state index in [-0.39, 0.29) is 16.2 Å². The van der Waals surface area contributed by atoms with Crippen LogP contribution in [0.3, 0.4) is 0 Å². The molecule has 1 unspecified atom stereocenters. The van der Waals surface area contributed by atoms with Crippen molar-refractivity contribution in [3.63, 3.8) is 0 Å². The molecule has 0 bridgehead atoms. The fraction of sp³-hybridized carbons (Fsp3) is 0.143. The number of anilines is 1. The second-order valence-electron chi connectivity index (χ2n) is 4.17. The van der Waals surface area contributed by atoms with Gasteiger partial charge in [0.2, 0.25) is 0 Å². The van der Waals surface area contributed by atoms with Crippen molar-refractivity contribution in [2.75, 3.05) is 5.32 Å². The zero-order valence-corrected chi connectivity index (χ0v) is 13.2. The first-order chi connectivity index (χ1) is 8.97. The summed E-state index contributed by atoms with van der Waals surface area (Å²) in [5.74, 6) is -1.22. The van der Waals surface area contributed by atoms with Gasteiger partial charge in [-0.1, -0.05) is 28.1 Å². The van der Waals surface area contributed by atoms with E-state index in [0.717, 1.165) is 16.1 Å². The summed E-state index contributed by atoms with van der Waals surface area (Å²) in [5, 5.41) is 3.03. The van der Waals surface area contributed by atoms with Crippen LogP contribution < -0.4 is 5.32 Å². The third-order valence-electron chi connectivity index (χ3n) is 2.73. The molecule has 0 aliphatic rings. The molecule has 2 rings (SSSR count). The van der Waals surface area contributed by atoms with Crippen molar-refractivity contribution in [3.05, 3.63) is 62.5 Å². The van der Waals surface area contributed by atoms with E-state index in [1.165, 1.54) is 6.07 Å². The van der Waals surface area contributed by atoms with E-state index in [2.05, 4.69) is 37.2 Å².